The molecule has 4 aromatic rings. The zero-order chi connectivity index (χ0) is 25.2. The first-order valence-corrected chi connectivity index (χ1v) is 11.3. The molecule has 0 saturated carbocycles. The number of nitro benzene ring substituents is 1. The molecule has 36 heavy (non-hydrogen) atoms. The van der Waals surface area contributed by atoms with Crippen molar-refractivity contribution in [1.82, 2.24) is 5.32 Å². The molecule has 2 amide bonds. The normalized spacial score (nSPS) is 12.8. The van der Waals surface area contributed by atoms with E-state index < -0.39 is 16.7 Å². The summed E-state index contributed by atoms with van der Waals surface area (Å²) in [5.41, 5.74) is 5.03. The number of anilines is 1. The number of carbonyl (C=O) groups excluding carboxylic acids is 2. The Bertz CT molecular complexity index is 1560. The average Bonchev–Trinajstić information content (AvgIpc) is 3.21. The van der Waals surface area contributed by atoms with Crippen molar-refractivity contribution < 1.29 is 14.5 Å². The number of nitro groups is 1. The number of non-ortho nitro benzene ring substituents is 1. The highest BCUT2D eigenvalue weighted by atomic mass is 16.6. The lowest BCUT2D eigenvalue weighted by atomic mass is 10.00. The van der Waals surface area contributed by atoms with E-state index in [1.165, 1.54) is 12.1 Å². The third-order valence-corrected chi connectivity index (χ3v) is 6.00. The van der Waals surface area contributed by atoms with Gasteiger partial charge in [0, 0.05) is 29.0 Å². The van der Waals surface area contributed by atoms with E-state index in [2.05, 4.69) is 10.6 Å². The molecule has 0 radical (unpaired) electrons. The summed E-state index contributed by atoms with van der Waals surface area (Å²) in [5.74, 6) is -0.997. The van der Waals surface area contributed by atoms with Gasteiger partial charge in [0.25, 0.3) is 17.5 Å². The average molecular weight is 476 g/mol. The van der Waals surface area contributed by atoms with Crippen molar-refractivity contribution in [2.75, 3.05) is 5.32 Å². The van der Waals surface area contributed by atoms with Gasteiger partial charge in [0.05, 0.1) is 4.92 Å². The number of amides is 2. The molecule has 0 atom stereocenters. The van der Waals surface area contributed by atoms with Crippen LogP contribution in [0.25, 0.3) is 16.7 Å². The van der Waals surface area contributed by atoms with E-state index in [1.807, 2.05) is 49.4 Å². The first kappa shape index (κ1) is 22.7. The molecule has 0 spiro atoms. The van der Waals surface area contributed by atoms with E-state index in [4.69, 9.17) is 0 Å². The summed E-state index contributed by atoms with van der Waals surface area (Å²) < 4.78 is 0. The fourth-order valence-electron chi connectivity index (χ4n) is 4.36. The maximum absolute atomic E-state index is 13.7. The highest BCUT2D eigenvalue weighted by Crippen LogP contribution is 2.46. The second kappa shape index (κ2) is 9.31. The molecule has 7 nitrogen and oxygen atoms in total. The van der Waals surface area contributed by atoms with Crippen molar-refractivity contribution >= 4 is 28.8 Å². The Morgan fingerprint density at radius 1 is 0.750 bits per heavy atom. The summed E-state index contributed by atoms with van der Waals surface area (Å²) >= 11 is 0. The van der Waals surface area contributed by atoms with Gasteiger partial charge < -0.3 is 10.6 Å². The number of aryl methyl sites for hydroxylation is 1. The van der Waals surface area contributed by atoms with Gasteiger partial charge in [-0.05, 0) is 65.1 Å². The number of hydrogen-bond donors (Lipinski definition) is 2. The number of benzene rings is 4. The summed E-state index contributed by atoms with van der Waals surface area (Å²) in [7, 11) is 0. The van der Waals surface area contributed by atoms with Crippen LogP contribution in [0.15, 0.2) is 103 Å². The van der Waals surface area contributed by atoms with E-state index >= 15 is 0 Å². The molecule has 0 fully saturated rings. The second-order valence-electron chi connectivity index (χ2n) is 8.43. The van der Waals surface area contributed by atoms with Gasteiger partial charge in [-0.3, -0.25) is 19.7 Å². The van der Waals surface area contributed by atoms with Crippen molar-refractivity contribution in [1.29, 1.82) is 0 Å². The molecule has 0 unspecified atom stereocenters. The lowest BCUT2D eigenvalue weighted by molar-refractivity contribution is -0.384. The maximum Gasteiger partial charge on any atom is 0.272 e. The molecular weight excluding hydrogens is 454 g/mol. The molecule has 0 aliphatic heterocycles. The van der Waals surface area contributed by atoms with Crippen molar-refractivity contribution in [2.24, 2.45) is 0 Å². The molecular formula is C29H21N3O4. The molecule has 1 aliphatic carbocycles. The summed E-state index contributed by atoms with van der Waals surface area (Å²) in [4.78, 5) is 38.0. The van der Waals surface area contributed by atoms with Crippen LogP contribution in [0.4, 0.5) is 11.4 Å². The van der Waals surface area contributed by atoms with Crippen LogP contribution in [0, 0.1) is 17.0 Å². The lowest BCUT2D eigenvalue weighted by Crippen LogP contribution is -2.32. The molecule has 176 valence electrons. The number of carbonyl (C=O) groups is 2. The van der Waals surface area contributed by atoms with Gasteiger partial charge in [-0.25, -0.2) is 0 Å². The Hall–Kier alpha value is -5.04. The number of nitrogens with zero attached hydrogens (tertiary/aromatic N) is 1. The molecule has 2 N–H and O–H groups in total. The smallest absolute Gasteiger partial charge is 0.272 e. The Morgan fingerprint density at radius 2 is 1.44 bits per heavy atom. The SMILES string of the molecule is Cc1cccc(NC(=O)C(NC(=O)c2ccccc2)=C2c3ccccc3-c3ccc([N+](=O)[O-])cc32)c1. The molecule has 5 rings (SSSR count). The predicted molar refractivity (Wildman–Crippen MR) is 138 cm³/mol. The van der Waals surface area contributed by atoms with Gasteiger partial charge in [-0.2, -0.15) is 0 Å². The standard InChI is InChI=1S/C29H21N3O4/c1-18-8-7-11-20(16-18)30-29(34)27(31-28(33)19-9-3-2-4-10-19)26-24-13-6-5-12-22(24)23-15-14-21(32(35)36)17-25(23)26/h2-17H,1H3,(H,30,34)(H,31,33). The van der Waals surface area contributed by atoms with E-state index in [0.717, 1.165) is 16.7 Å². The van der Waals surface area contributed by atoms with E-state index in [1.54, 1.807) is 42.5 Å². The third-order valence-electron chi connectivity index (χ3n) is 6.00. The first-order chi connectivity index (χ1) is 17.4. The zero-order valence-electron chi connectivity index (χ0n) is 19.3. The van der Waals surface area contributed by atoms with E-state index in [-0.39, 0.29) is 11.4 Å². The number of nitrogens with one attached hydrogen (secondary N) is 2. The van der Waals surface area contributed by atoms with Crippen LogP contribution in [0.2, 0.25) is 0 Å². The first-order valence-electron chi connectivity index (χ1n) is 11.3. The molecule has 0 aromatic heterocycles. The van der Waals surface area contributed by atoms with Gasteiger partial charge >= 0.3 is 0 Å². The maximum atomic E-state index is 13.7. The molecule has 0 saturated heterocycles. The van der Waals surface area contributed by atoms with Crippen LogP contribution in [-0.4, -0.2) is 16.7 Å². The zero-order valence-corrected chi connectivity index (χ0v) is 19.3. The molecule has 1 aliphatic rings. The van der Waals surface area contributed by atoms with Crippen LogP contribution in [0.3, 0.4) is 0 Å². The lowest BCUT2D eigenvalue weighted by Gasteiger charge is -2.16. The minimum Gasteiger partial charge on any atom is -0.321 e. The summed E-state index contributed by atoms with van der Waals surface area (Å²) in [6.07, 6.45) is 0. The van der Waals surface area contributed by atoms with Gasteiger partial charge in [0.15, 0.2) is 0 Å². The highest BCUT2D eigenvalue weighted by molar-refractivity contribution is 6.17. The number of rotatable bonds is 5. The van der Waals surface area contributed by atoms with Crippen molar-refractivity contribution in [3.8, 4) is 11.1 Å². The van der Waals surface area contributed by atoms with Crippen molar-refractivity contribution in [3.05, 3.63) is 135 Å². The van der Waals surface area contributed by atoms with Crippen LogP contribution in [0.5, 0.6) is 0 Å². The Kier molecular flexibility index (Phi) is 5.88. The van der Waals surface area contributed by atoms with Gasteiger partial charge in [0.2, 0.25) is 0 Å². The Morgan fingerprint density at radius 3 is 2.17 bits per heavy atom. The van der Waals surface area contributed by atoms with Gasteiger partial charge in [0.1, 0.15) is 5.70 Å². The van der Waals surface area contributed by atoms with Gasteiger partial charge in [-0.15, -0.1) is 0 Å². The molecule has 0 heterocycles. The summed E-state index contributed by atoms with van der Waals surface area (Å²) in [6, 6.07) is 27.9. The monoisotopic (exact) mass is 475 g/mol. The third kappa shape index (κ3) is 4.25. The molecule has 7 heteroatoms. The summed E-state index contributed by atoms with van der Waals surface area (Å²) in [5, 5.41) is 17.2. The second-order valence-corrected chi connectivity index (χ2v) is 8.43. The minimum atomic E-state index is -0.533. The van der Waals surface area contributed by atoms with E-state index in [0.29, 0.717) is 28.0 Å². The van der Waals surface area contributed by atoms with E-state index in [9.17, 15) is 19.7 Å². The van der Waals surface area contributed by atoms with Crippen LogP contribution < -0.4 is 10.6 Å². The van der Waals surface area contributed by atoms with Gasteiger partial charge in [-0.1, -0.05) is 54.6 Å². The fourth-order valence-corrected chi connectivity index (χ4v) is 4.36. The minimum absolute atomic E-state index is 0.0112. The van der Waals surface area contributed by atoms with Crippen molar-refractivity contribution in [3.63, 3.8) is 0 Å². The van der Waals surface area contributed by atoms with Crippen LogP contribution in [-0.2, 0) is 4.79 Å². The Balaban J connectivity index is 1.70. The number of hydrogen-bond acceptors (Lipinski definition) is 4. The van der Waals surface area contributed by atoms with Crippen molar-refractivity contribution in [2.45, 2.75) is 6.92 Å². The predicted octanol–water partition coefficient (Wildman–Crippen LogP) is 5.71. The Labute approximate surface area is 207 Å². The summed E-state index contributed by atoms with van der Waals surface area (Å²) in [6.45, 7) is 1.91. The molecule has 0 bridgehead atoms. The molecule has 4 aromatic carbocycles. The highest BCUT2D eigenvalue weighted by Gasteiger charge is 2.31. The fraction of sp³-hybridized carbons (Fsp3) is 0.0345. The topological polar surface area (TPSA) is 101 Å². The quantitative estimate of drug-likeness (QED) is 0.193. The largest absolute Gasteiger partial charge is 0.321 e. The van der Waals surface area contributed by atoms with Crippen LogP contribution >= 0.6 is 0 Å². The number of fused-ring (bicyclic) bond motifs is 3. The van der Waals surface area contributed by atoms with Crippen LogP contribution in [0.1, 0.15) is 27.0 Å².